The van der Waals surface area contributed by atoms with Crippen molar-refractivity contribution >= 4 is 10.1 Å². The second-order valence-corrected chi connectivity index (χ2v) is 4.40. The van der Waals surface area contributed by atoms with Crippen molar-refractivity contribution in [3.63, 3.8) is 0 Å². The third-order valence-corrected chi connectivity index (χ3v) is 2.39. The highest BCUT2D eigenvalue weighted by Gasteiger charge is 2.13. The maximum absolute atomic E-state index is 10.3. The molecule has 0 saturated carbocycles. The van der Waals surface area contributed by atoms with Crippen LogP contribution in [0.2, 0.25) is 0 Å². The molecule has 14 heavy (non-hydrogen) atoms. The second kappa shape index (κ2) is 4.50. The average molecular weight is 217 g/mol. The van der Waals surface area contributed by atoms with Crippen LogP contribution in [0, 0.1) is 0 Å². The first kappa shape index (κ1) is 11.1. The minimum atomic E-state index is -4.36. The Labute approximate surface area is 82.4 Å². The van der Waals surface area contributed by atoms with Gasteiger partial charge in [0, 0.05) is 12.1 Å². The summed E-state index contributed by atoms with van der Waals surface area (Å²) in [6.45, 7) is 0.0995. The monoisotopic (exact) mass is 217 g/mol. The fraction of sp³-hybridized carbons (Fsp3) is 0.375. The van der Waals surface area contributed by atoms with E-state index in [4.69, 9.17) is 0 Å². The molecule has 1 rings (SSSR count). The molecule has 0 aliphatic heterocycles. The van der Waals surface area contributed by atoms with Crippen LogP contribution in [0.25, 0.3) is 0 Å². The quantitative estimate of drug-likeness (QED) is 0.511. The summed E-state index contributed by atoms with van der Waals surface area (Å²) < 4.78 is 32.5. The molecule has 1 heterocycles. The van der Waals surface area contributed by atoms with Crippen molar-refractivity contribution in [2.75, 3.05) is 5.75 Å². The van der Waals surface area contributed by atoms with E-state index in [9.17, 15) is 18.1 Å². The molecule has 1 aromatic rings. The normalized spacial score (nSPS) is 13.9. The van der Waals surface area contributed by atoms with Crippen molar-refractivity contribution in [2.24, 2.45) is 0 Å². The summed E-state index contributed by atoms with van der Waals surface area (Å²) in [4.78, 5) is 0. The summed E-state index contributed by atoms with van der Waals surface area (Å²) in [5.74, 6) is -0.755. The van der Waals surface area contributed by atoms with E-state index in [2.05, 4.69) is 0 Å². The maximum atomic E-state index is 10.3. The van der Waals surface area contributed by atoms with Crippen LogP contribution in [0.1, 0.15) is 0 Å². The number of aliphatic hydroxyl groups excluding tert-OH is 1. The molecule has 0 amide bonds. The Balaban J connectivity index is 2.54. The molecule has 0 aliphatic carbocycles. The van der Waals surface area contributed by atoms with Crippen LogP contribution < -0.4 is 4.57 Å². The average Bonchev–Trinajstić information content (AvgIpc) is 2.02. The largest absolute Gasteiger partial charge is 0.748 e. The minimum absolute atomic E-state index is 0.0995. The topological polar surface area (TPSA) is 81.3 Å². The number of pyridine rings is 1. The third kappa shape index (κ3) is 4.31. The number of hydrogen-bond donors (Lipinski definition) is 1. The Morgan fingerprint density at radius 2 is 1.86 bits per heavy atom. The smallest absolute Gasteiger partial charge is 0.175 e. The number of nitrogens with zero attached hydrogens (tertiary/aromatic N) is 1. The molecular weight excluding hydrogens is 206 g/mol. The van der Waals surface area contributed by atoms with Gasteiger partial charge in [-0.1, -0.05) is 6.07 Å². The predicted octanol–water partition coefficient (Wildman–Crippen LogP) is -1.12. The molecule has 0 saturated heterocycles. The summed E-state index contributed by atoms with van der Waals surface area (Å²) in [6, 6.07) is 5.30. The van der Waals surface area contributed by atoms with Gasteiger partial charge in [-0.15, -0.1) is 0 Å². The lowest BCUT2D eigenvalue weighted by molar-refractivity contribution is -0.703. The van der Waals surface area contributed by atoms with Gasteiger partial charge in [-0.25, -0.2) is 13.0 Å². The van der Waals surface area contributed by atoms with Crippen LogP contribution in [0.4, 0.5) is 0 Å². The first-order chi connectivity index (χ1) is 6.47. The zero-order chi connectivity index (χ0) is 10.6. The number of aliphatic hydroxyl groups is 1. The highest BCUT2D eigenvalue weighted by atomic mass is 32.2. The maximum Gasteiger partial charge on any atom is 0.175 e. The molecule has 0 fully saturated rings. The Bertz CT molecular complexity index is 376. The molecule has 0 aromatic carbocycles. The highest BCUT2D eigenvalue weighted by molar-refractivity contribution is 7.85. The van der Waals surface area contributed by atoms with E-state index in [-0.39, 0.29) is 6.54 Å². The molecule has 5 nitrogen and oxygen atoms in total. The van der Waals surface area contributed by atoms with Crippen molar-refractivity contribution in [3.8, 4) is 0 Å². The molecule has 1 atom stereocenters. The van der Waals surface area contributed by atoms with Gasteiger partial charge in [-0.05, 0) is 0 Å². The lowest BCUT2D eigenvalue weighted by atomic mass is 10.4. The fourth-order valence-corrected chi connectivity index (χ4v) is 1.66. The lowest BCUT2D eigenvalue weighted by Gasteiger charge is -2.10. The fourth-order valence-electron chi connectivity index (χ4n) is 1.09. The molecule has 1 unspecified atom stereocenters. The van der Waals surface area contributed by atoms with E-state index in [1.54, 1.807) is 35.2 Å². The molecule has 0 radical (unpaired) electrons. The van der Waals surface area contributed by atoms with Crippen molar-refractivity contribution in [3.05, 3.63) is 30.6 Å². The Morgan fingerprint density at radius 1 is 1.29 bits per heavy atom. The van der Waals surface area contributed by atoms with Gasteiger partial charge in [0.15, 0.2) is 18.9 Å². The van der Waals surface area contributed by atoms with Crippen LogP contribution in [0.15, 0.2) is 30.6 Å². The van der Waals surface area contributed by atoms with Crippen LogP contribution in [-0.2, 0) is 16.7 Å². The Kier molecular flexibility index (Phi) is 3.56. The predicted molar refractivity (Wildman–Crippen MR) is 47.2 cm³/mol. The highest BCUT2D eigenvalue weighted by Crippen LogP contribution is 1.90. The Morgan fingerprint density at radius 3 is 2.36 bits per heavy atom. The van der Waals surface area contributed by atoms with E-state index >= 15 is 0 Å². The number of aromatic nitrogens is 1. The van der Waals surface area contributed by atoms with Crippen LogP contribution in [-0.4, -0.2) is 29.9 Å². The molecule has 1 aromatic heterocycles. The standard InChI is InChI=1S/C8H11NO4S/c10-8(7-14(11,12)13)6-9-4-2-1-3-5-9/h1-5,8,10H,6-7H2. The van der Waals surface area contributed by atoms with E-state index in [0.29, 0.717) is 0 Å². The summed E-state index contributed by atoms with van der Waals surface area (Å²) in [6.07, 6.45) is 2.20. The van der Waals surface area contributed by atoms with Gasteiger partial charge in [-0.3, -0.25) is 0 Å². The van der Waals surface area contributed by atoms with Gasteiger partial charge in [0.05, 0.1) is 15.9 Å². The van der Waals surface area contributed by atoms with Gasteiger partial charge in [-0.2, -0.15) is 0 Å². The lowest BCUT2D eigenvalue weighted by Crippen LogP contribution is -2.41. The zero-order valence-electron chi connectivity index (χ0n) is 7.41. The first-order valence-electron chi connectivity index (χ1n) is 4.03. The summed E-state index contributed by atoms with van der Waals surface area (Å²) in [7, 11) is -4.36. The van der Waals surface area contributed by atoms with Crippen LogP contribution in [0.5, 0.6) is 0 Å². The van der Waals surface area contributed by atoms with Crippen molar-refractivity contribution in [2.45, 2.75) is 12.6 Å². The molecular formula is C8H11NO4S. The van der Waals surface area contributed by atoms with E-state index in [0.717, 1.165) is 0 Å². The van der Waals surface area contributed by atoms with E-state index in [1.165, 1.54) is 0 Å². The second-order valence-electron chi connectivity index (χ2n) is 2.95. The summed E-state index contributed by atoms with van der Waals surface area (Å²) in [5, 5.41) is 9.24. The molecule has 78 valence electrons. The first-order valence-corrected chi connectivity index (χ1v) is 5.61. The van der Waals surface area contributed by atoms with Gasteiger partial charge in [0.1, 0.15) is 6.10 Å². The molecule has 0 aliphatic rings. The Hall–Kier alpha value is -0.980. The molecule has 1 N–H and O–H groups in total. The molecule has 0 bridgehead atoms. The SMILES string of the molecule is O=S(=O)([O-])CC(O)C[n+]1ccccc1. The van der Waals surface area contributed by atoms with Gasteiger partial charge >= 0.3 is 0 Å². The van der Waals surface area contributed by atoms with E-state index in [1.807, 2.05) is 0 Å². The number of hydrogen-bond acceptors (Lipinski definition) is 4. The van der Waals surface area contributed by atoms with E-state index < -0.39 is 22.0 Å². The zero-order valence-corrected chi connectivity index (χ0v) is 8.22. The third-order valence-electron chi connectivity index (χ3n) is 1.60. The van der Waals surface area contributed by atoms with Gasteiger partial charge in [0.25, 0.3) is 0 Å². The minimum Gasteiger partial charge on any atom is -0.748 e. The van der Waals surface area contributed by atoms with Crippen molar-refractivity contribution in [1.29, 1.82) is 0 Å². The van der Waals surface area contributed by atoms with Crippen LogP contribution >= 0.6 is 0 Å². The van der Waals surface area contributed by atoms with Crippen molar-refractivity contribution in [1.82, 2.24) is 0 Å². The van der Waals surface area contributed by atoms with Crippen LogP contribution in [0.3, 0.4) is 0 Å². The van der Waals surface area contributed by atoms with Gasteiger partial charge in [0.2, 0.25) is 0 Å². The van der Waals surface area contributed by atoms with Crippen molar-refractivity contribution < 1.29 is 22.6 Å². The summed E-state index contributed by atoms with van der Waals surface area (Å²) in [5.41, 5.74) is 0. The van der Waals surface area contributed by atoms with Gasteiger partial charge < -0.3 is 9.66 Å². The molecule has 6 heteroatoms. The molecule has 0 spiro atoms. The number of rotatable bonds is 4. The summed E-state index contributed by atoms with van der Waals surface area (Å²) >= 11 is 0.